The second-order valence-corrected chi connectivity index (χ2v) is 6.76. The molecule has 1 aromatic carbocycles. The lowest BCUT2D eigenvalue weighted by atomic mass is 9.89. The molecule has 7 nitrogen and oxygen atoms in total. The fourth-order valence-electron chi connectivity index (χ4n) is 3.97. The number of aromatic nitrogens is 3. The molecule has 0 unspecified atom stereocenters. The molecule has 1 aromatic heterocycles. The van der Waals surface area contributed by atoms with Crippen LogP contribution in [0.2, 0.25) is 0 Å². The summed E-state index contributed by atoms with van der Waals surface area (Å²) in [5.74, 6) is -1.22. The first kappa shape index (κ1) is 17.8. The lowest BCUT2D eigenvalue weighted by molar-refractivity contribution is -0.144. The monoisotopic (exact) mass is 381 g/mol. The van der Waals surface area contributed by atoms with E-state index in [0.29, 0.717) is 12.3 Å². The van der Waals surface area contributed by atoms with Gasteiger partial charge in [-0.05, 0) is 23.6 Å². The highest BCUT2D eigenvalue weighted by Crippen LogP contribution is 2.43. The van der Waals surface area contributed by atoms with E-state index in [0.717, 1.165) is 18.7 Å². The topological polar surface area (TPSA) is 83.1 Å². The Balaban J connectivity index is 1.65. The minimum atomic E-state index is -4.67. The van der Waals surface area contributed by atoms with Crippen molar-refractivity contribution in [2.24, 2.45) is 11.8 Å². The Labute approximate surface area is 152 Å². The number of amides is 1. The first-order chi connectivity index (χ1) is 12.9. The molecule has 27 heavy (non-hydrogen) atoms. The Morgan fingerprint density at radius 1 is 1.26 bits per heavy atom. The maximum atomic E-state index is 12.9. The summed E-state index contributed by atoms with van der Waals surface area (Å²) in [5, 5.41) is 8.62. The van der Waals surface area contributed by atoms with Crippen molar-refractivity contribution in [1.29, 1.82) is 0 Å². The van der Waals surface area contributed by atoms with Crippen molar-refractivity contribution in [3.63, 3.8) is 0 Å². The van der Waals surface area contributed by atoms with E-state index in [2.05, 4.69) is 15.4 Å². The molecule has 2 aromatic rings. The number of hydrogen-bond donors (Lipinski definition) is 2. The molecule has 2 fully saturated rings. The second-order valence-electron chi connectivity index (χ2n) is 6.76. The minimum absolute atomic E-state index is 0.184. The van der Waals surface area contributed by atoms with Crippen molar-refractivity contribution in [3.05, 3.63) is 41.5 Å². The first-order valence-electron chi connectivity index (χ1n) is 8.53. The number of fused-ring (bicyclic) bond motifs is 1. The fraction of sp³-hybridized carbons (Fsp3) is 0.471. The molecule has 3 heterocycles. The summed E-state index contributed by atoms with van der Waals surface area (Å²) in [4.78, 5) is 17.8. The van der Waals surface area contributed by atoms with Gasteiger partial charge in [-0.25, -0.2) is 0 Å². The lowest BCUT2D eigenvalue weighted by Gasteiger charge is -2.27. The zero-order chi connectivity index (χ0) is 19.2. The van der Waals surface area contributed by atoms with Crippen molar-refractivity contribution in [1.82, 2.24) is 25.4 Å². The molecule has 2 aliphatic rings. The second kappa shape index (κ2) is 6.52. The molecule has 10 heteroatoms. The summed E-state index contributed by atoms with van der Waals surface area (Å²) in [6, 6.07) is 7.12. The van der Waals surface area contributed by atoms with E-state index < -0.39 is 23.7 Å². The number of H-pyrrole nitrogens is 1. The highest BCUT2D eigenvalue weighted by molar-refractivity contribution is 5.91. The third-order valence-corrected chi connectivity index (χ3v) is 5.23. The van der Waals surface area contributed by atoms with Crippen LogP contribution in [-0.4, -0.2) is 52.7 Å². The maximum absolute atomic E-state index is 12.9. The number of alkyl halides is 3. The van der Waals surface area contributed by atoms with Crippen molar-refractivity contribution in [2.75, 3.05) is 26.7 Å². The van der Waals surface area contributed by atoms with E-state index in [1.54, 1.807) is 12.0 Å². The van der Waals surface area contributed by atoms with E-state index in [4.69, 9.17) is 4.74 Å². The van der Waals surface area contributed by atoms with Gasteiger partial charge in [0.1, 0.15) is 5.75 Å². The van der Waals surface area contributed by atoms with Gasteiger partial charge in [0, 0.05) is 25.6 Å². The molecule has 2 aliphatic heterocycles. The molecule has 0 bridgehead atoms. The van der Waals surface area contributed by atoms with Gasteiger partial charge < -0.3 is 15.0 Å². The molecule has 2 N–H and O–H groups in total. The third-order valence-electron chi connectivity index (χ3n) is 5.23. The lowest BCUT2D eigenvalue weighted by Crippen LogP contribution is -2.35. The predicted octanol–water partition coefficient (Wildman–Crippen LogP) is 1.86. The van der Waals surface area contributed by atoms with Gasteiger partial charge in [0.2, 0.25) is 11.6 Å². The number of ether oxygens (including phenoxy) is 1. The van der Waals surface area contributed by atoms with Crippen LogP contribution in [0.25, 0.3) is 0 Å². The summed E-state index contributed by atoms with van der Waals surface area (Å²) in [6.07, 6.45) is -4.67. The number of methoxy groups -OCH3 is 1. The molecule has 2 saturated heterocycles. The third kappa shape index (κ3) is 3.14. The maximum Gasteiger partial charge on any atom is 0.451 e. The van der Waals surface area contributed by atoms with Gasteiger partial charge in [0.25, 0.3) is 5.91 Å². The number of nitrogens with one attached hydrogen (secondary N) is 2. The quantitative estimate of drug-likeness (QED) is 0.848. The fourth-order valence-corrected chi connectivity index (χ4v) is 3.97. The normalized spacial score (nSPS) is 24.9. The molecule has 4 rings (SSSR count). The Morgan fingerprint density at radius 2 is 2.00 bits per heavy atom. The van der Waals surface area contributed by atoms with Gasteiger partial charge in [-0.15, -0.1) is 5.10 Å². The Bertz CT molecular complexity index is 836. The number of benzene rings is 1. The molecule has 0 spiro atoms. The minimum Gasteiger partial charge on any atom is -0.497 e. The number of carbonyl (C=O) groups is 1. The van der Waals surface area contributed by atoms with Gasteiger partial charge >= 0.3 is 6.18 Å². The predicted molar refractivity (Wildman–Crippen MR) is 88.0 cm³/mol. The number of halogens is 3. The largest absolute Gasteiger partial charge is 0.497 e. The van der Waals surface area contributed by atoms with Crippen molar-refractivity contribution in [2.45, 2.75) is 12.2 Å². The molecular weight excluding hydrogens is 363 g/mol. The smallest absolute Gasteiger partial charge is 0.451 e. The van der Waals surface area contributed by atoms with Crippen LogP contribution in [0.4, 0.5) is 13.2 Å². The average molecular weight is 381 g/mol. The van der Waals surface area contributed by atoms with E-state index in [9.17, 15) is 18.0 Å². The van der Waals surface area contributed by atoms with Gasteiger partial charge in [-0.1, -0.05) is 12.1 Å². The zero-order valence-electron chi connectivity index (χ0n) is 14.5. The van der Waals surface area contributed by atoms with Crippen molar-refractivity contribution in [3.8, 4) is 5.75 Å². The highest BCUT2D eigenvalue weighted by atomic mass is 19.4. The summed E-state index contributed by atoms with van der Waals surface area (Å²) < 4.78 is 43.5. The number of aromatic amines is 1. The van der Waals surface area contributed by atoms with Gasteiger partial charge in [-0.3, -0.25) is 9.89 Å². The van der Waals surface area contributed by atoms with Crippen LogP contribution in [0.15, 0.2) is 24.3 Å². The molecule has 0 saturated carbocycles. The van der Waals surface area contributed by atoms with E-state index >= 15 is 0 Å². The summed E-state index contributed by atoms with van der Waals surface area (Å²) in [6.45, 7) is 1.96. The SMILES string of the molecule is COc1ccc([C@@H]2[C@H]3CNC[C@H]3CN2C(=O)c2n[nH]c(C(F)(F)F)n2)cc1. The van der Waals surface area contributed by atoms with E-state index in [-0.39, 0.29) is 17.9 Å². The highest BCUT2D eigenvalue weighted by Gasteiger charge is 2.48. The summed E-state index contributed by atoms with van der Waals surface area (Å²) >= 11 is 0. The number of rotatable bonds is 3. The summed E-state index contributed by atoms with van der Waals surface area (Å²) in [7, 11) is 1.57. The zero-order valence-corrected chi connectivity index (χ0v) is 14.5. The molecule has 3 atom stereocenters. The van der Waals surface area contributed by atoms with Gasteiger partial charge in [0.15, 0.2) is 0 Å². The van der Waals surface area contributed by atoms with Gasteiger partial charge in [-0.2, -0.15) is 18.2 Å². The van der Waals surface area contributed by atoms with E-state index in [1.807, 2.05) is 29.4 Å². The van der Waals surface area contributed by atoms with Crippen LogP contribution in [-0.2, 0) is 6.18 Å². The molecule has 0 aliphatic carbocycles. The molecule has 0 radical (unpaired) electrons. The molecular formula is C17H18F3N5O2. The number of likely N-dealkylation sites (tertiary alicyclic amines) is 1. The van der Waals surface area contributed by atoms with Crippen LogP contribution in [0.3, 0.4) is 0 Å². The standard InChI is InChI=1S/C17H18F3N5O2/c1-27-11-4-2-9(3-5-11)13-12-7-21-6-10(12)8-25(13)15(26)14-22-16(24-23-14)17(18,19)20/h2-5,10,12-13,21H,6-8H2,1H3,(H,22,23,24)/t10-,12-,13+/m0/s1. The first-order valence-corrected chi connectivity index (χ1v) is 8.53. The van der Waals surface area contributed by atoms with E-state index in [1.165, 1.54) is 0 Å². The molecule has 1 amide bonds. The average Bonchev–Trinajstić information content (AvgIpc) is 3.36. The van der Waals surface area contributed by atoms with Crippen LogP contribution in [0.5, 0.6) is 5.75 Å². The van der Waals surface area contributed by atoms with Crippen molar-refractivity contribution < 1.29 is 22.7 Å². The Morgan fingerprint density at radius 3 is 2.63 bits per heavy atom. The van der Waals surface area contributed by atoms with Crippen LogP contribution in [0.1, 0.15) is 28.0 Å². The summed E-state index contributed by atoms with van der Waals surface area (Å²) in [5.41, 5.74) is 0.909. The number of carbonyl (C=O) groups excluding carboxylic acids is 1. The van der Waals surface area contributed by atoms with Crippen LogP contribution < -0.4 is 10.1 Å². The van der Waals surface area contributed by atoms with Crippen LogP contribution in [0, 0.1) is 11.8 Å². The van der Waals surface area contributed by atoms with Crippen LogP contribution >= 0.6 is 0 Å². The number of nitrogens with zero attached hydrogens (tertiary/aromatic N) is 3. The number of hydrogen-bond acceptors (Lipinski definition) is 5. The molecule has 144 valence electrons. The Hall–Kier alpha value is -2.62. The Kier molecular flexibility index (Phi) is 4.29. The van der Waals surface area contributed by atoms with Crippen molar-refractivity contribution >= 4 is 5.91 Å². The van der Waals surface area contributed by atoms with Gasteiger partial charge in [0.05, 0.1) is 13.2 Å².